The highest BCUT2D eigenvalue weighted by Crippen LogP contribution is 2.39. The van der Waals surface area contributed by atoms with Gasteiger partial charge in [-0.3, -0.25) is 0 Å². The SMILES string of the molecule is Cc1ccccc1-c1c(C)ccc2c1C=C(CC(C)C)[CH]2. The van der Waals surface area contributed by atoms with E-state index in [2.05, 4.69) is 76.6 Å². The van der Waals surface area contributed by atoms with Crippen molar-refractivity contribution in [3.8, 4) is 11.1 Å². The van der Waals surface area contributed by atoms with Crippen LogP contribution in [0.25, 0.3) is 17.2 Å². The Labute approximate surface area is 128 Å². The molecule has 0 heteroatoms. The molecule has 21 heavy (non-hydrogen) atoms. The Bertz CT molecular complexity index is 702. The second-order valence-electron chi connectivity index (χ2n) is 6.54. The fourth-order valence-electron chi connectivity index (χ4n) is 3.25. The largest absolute Gasteiger partial charge is 0.0625 e. The first-order valence-electron chi connectivity index (χ1n) is 7.81. The zero-order chi connectivity index (χ0) is 15.0. The van der Waals surface area contributed by atoms with Crippen molar-refractivity contribution in [1.82, 2.24) is 0 Å². The van der Waals surface area contributed by atoms with Crippen LogP contribution in [0.4, 0.5) is 0 Å². The van der Waals surface area contributed by atoms with Crippen LogP contribution >= 0.6 is 0 Å². The Morgan fingerprint density at radius 2 is 1.67 bits per heavy atom. The van der Waals surface area contributed by atoms with Crippen molar-refractivity contribution in [1.29, 1.82) is 0 Å². The molecule has 0 unspecified atom stereocenters. The van der Waals surface area contributed by atoms with Crippen molar-refractivity contribution in [2.45, 2.75) is 34.1 Å². The summed E-state index contributed by atoms with van der Waals surface area (Å²) >= 11 is 0. The lowest BCUT2D eigenvalue weighted by atomic mass is 9.90. The third kappa shape index (κ3) is 2.68. The van der Waals surface area contributed by atoms with Crippen molar-refractivity contribution in [3.05, 3.63) is 70.6 Å². The Morgan fingerprint density at radius 3 is 2.38 bits per heavy atom. The molecule has 2 aromatic carbocycles. The highest BCUT2D eigenvalue weighted by atomic mass is 14.2. The van der Waals surface area contributed by atoms with Crippen molar-refractivity contribution >= 4 is 6.08 Å². The van der Waals surface area contributed by atoms with Gasteiger partial charge in [0, 0.05) is 6.42 Å². The van der Waals surface area contributed by atoms with Crippen molar-refractivity contribution in [2.24, 2.45) is 5.92 Å². The summed E-state index contributed by atoms with van der Waals surface area (Å²) in [6, 6.07) is 13.2. The Balaban J connectivity index is 2.14. The minimum absolute atomic E-state index is 0.699. The van der Waals surface area contributed by atoms with Crippen LogP contribution in [0.5, 0.6) is 0 Å². The lowest BCUT2D eigenvalue weighted by molar-refractivity contribution is 0.649. The molecule has 0 nitrogen and oxygen atoms in total. The molecule has 0 aliphatic heterocycles. The fourth-order valence-corrected chi connectivity index (χ4v) is 3.25. The van der Waals surface area contributed by atoms with Crippen LogP contribution in [0.2, 0.25) is 0 Å². The third-order valence-electron chi connectivity index (χ3n) is 4.22. The lowest BCUT2D eigenvalue weighted by Gasteiger charge is -2.14. The Kier molecular flexibility index (Phi) is 3.71. The fraction of sp³-hybridized carbons (Fsp3) is 0.286. The molecule has 0 saturated carbocycles. The minimum atomic E-state index is 0.699. The van der Waals surface area contributed by atoms with Gasteiger partial charge in [0.05, 0.1) is 0 Å². The van der Waals surface area contributed by atoms with Crippen LogP contribution in [0, 0.1) is 26.2 Å². The van der Waals surface area contributed by atoms with Gasteiger partial charge in [-0.25, -0.2) is 0 Å². The molecule has 0 amide bonds. The normalized spacial score (nSPS) is 13.5. The van der Waals surface area contributed by atoms with E-state index in [-0.39, 0.29) is 0 Å². The molecule has 0 spiro atoms. The summed E-state index contributed by atoms with van der Waals surface area (Å²) in [6.45, 7) is 8.98. The molecule has 107 valence electrons. The second-order valence-corrected chi connectivity index (χ2v) is 6.54. The van der Waals surface area contributed by atoms with Crippen LogP contribution in [0.3, 0.4) is 0 Å². The molecule has 0 aromatic heterocycles. The van der Waals surface area contributed by atoms with E-state index in [4.69, 9.17) is 0 Å². The standard InChI is InChI=1S/C21H23/c1-14(2)11-17-12-18-10-9-16(4)21(20(18)13-17)19-8-6-5-7-15(19)3/h5-10,12-14H,11H2,1-4H3. The number of fused-ring (bicyclic) bond motifs is 1. The van der Waals surface area contributed by atoms with Crippen molar-refractivity contribution in [3.63, 3.8) is 0 Å². The molecule has 0 N–H and O–H groups in total. The molecule has 0 saturated heterocycles. The predicted octanol–water partition coefficient (Wildman–Crippen LogP) is 5.97. The maximum atomic E-state index is 2.39. The van der Waals surface area contributed by atoms with Gasteiger partial charge < -0.3 is 0 Å². The van der Waals surface area contributed by atoms with Gasteiger partial charge >= 0.3 is 0 Å². The topological polar surface area (TPSA) is 0 Å². The molecular weight excluding hydrogens is 252 g/mol. The van der Waals surface area contributed by atoms with Crippen LogP contribution in [-0.4, -0.2) is 0 Å². The van der Waals surface area contributed by atoms with E-state index in [0.29, 0.717) is 5.92 Å². The van der Waals surface area contributed by atoms with Crippen molar-refractivity contribution < 1.29 is 0 Å². The minimum Gasteiger partial charge on any atom is -0.0625 e. The van der Waals surface area contributed by atoms with Crippen molar-refractivity contribution in [2.75, 3.05) is 0 Å². The van der Waals surface area contributed by atoms with Gasteiger partial charge in [0.1, 0.15) is 0 Å². The van der Waals surface area contributed by atoms with Gasteiger partial charge in [-0.05, 0) is 59.6 Å². The average molecular weight is 275 g/mol. The van der Waals surface area contributed by atoms with Crippen LogP contribution in [0.1, 0.15) is 42.5 Å². The van der Waals surface area contributed by atoms with E-state index in [1.165, 1.54) is 39.0 Å². The summed E-state index contributed by atoms with van der Waals surface area (Å²) < 4.78 is 0. The van der Waals surface area contributed by atoms with E-state index in [0.717, 1.165) is 6.42 Å². The first-order valence-corrected chi connectivity index (χ1v) is 7.81. The summed E-state index contributed by atoms with van der Waals surface area (Å²) in [5.74, 6) is 0.699. The maximum absolute atomic E-state index is 2.39. The quantitative estimate of drug-likeness (QED) is 0.647. The zero-order valence-corrected chi connectivity index (χ0v) is 13.4. The van der Waals surface area contributed by atoms with E-state index < -0.39 is 0 Å². The summed E-state index contributed by atoms with van der Waals surface area (Å²) in [4.78, 5) is 0. The highest BCUT2D eigenvalue weighted by molar-refractivity contribution is 5.86. The van der Waals surface area contributed by atoms with Gasteiger partial charge in [-0.1, -0.05) is 61.9 Å². The number of hydrogen-bond donors (Lipinski definition) is 0. The van der Waals surface area contributed by atoms with E-state index in [1.807, 2.05) is 0 Å². The van der Waals surface area contributed by atoms with Gasteiger partial charge in [0.25, 0.3) is 0 Å². The zero-order valence-electron chi connectivity index (χ0n) is 13.4. The first-order chi connectivity index (χ1) is 10.1. The monoisotopic (exact) mass is 275 g/mol. The highest BCUT2D eigenvalue weighted by Gasteiger charge is 2.19. The molecule has 0 heterocycles. The Morgan fingerprint density at radius 1 is 0.905 bits per heavy atom. The van der Waals surface area contributed by atoms with E-state index in [9.17, 15) is 0 Å². The maximum Gasteiger partial charge on any atom is 0.0164 e. The number of rotatable bonds is 3. The van der Waals surface area contributed by atoms with Crippen LogP contribution < -0.4 is 0 Å². The summed E-state index contributed by atoms with van der Waals surface area (Å²) in [5, 5.41) is 0. The Hall–Kier alpha value is -1.82. The summed E-state index contributed by atoms with van der Waals surface area (Å²) in [6.07, 6.45) is 5.90. The van der Waals surface area contributed by atoms with Gasteiger partial charge in [-0.15, -0.1) is 0 Å². The second kappa shape index (κ2) is 5.52. The molecule has 0 atom stereocenters. The summed E-state index contributed by atoms with van der Waals surface area (Å²) in [7, 11) is 0. The van der Waals surface area contributed by atoms with Gasteiger partial charge in [0.2, 0.25) is 0 Å². The number of aryl methyl sites for hydroxylation is 2. The van der Waals surface area contributed by atoms with Crippen LogP contribution in [-0.2, 0) is 0 Å². The predicted molar refractivity (Wildman–Crippen MR) is 92.2 cm³/mol. The number of benzene rings is 2. The van der Waals surface area contributed by atoms with Gasteiger partial charge in [0.15, 0.2) is 0 Å². The number of hydrogen-bond acceptors (Lipinski definition) is 0. The molecule has 0 fully saturated rings. The molecule has 1 aliphatic carbocycles. The van der Waals surface area contributed by atoms with Crippen LogP contribution in [0.15, 0.2) is 42.0 Å². The smallest absolute Gasteiger partial charge is 0.0164 e. The number of allylic oxidation sites excluding steroid dienone is 1. The lowest BCUT2D eigenvalue weighted by Crippen LogP contribution is -1.93. The average Bonchev–Trinajstić information content (AvgIpc) is 2.81. The molecule has 3 rings (SSSR count). The van der Waals surface area contributed by atoms with E-state index >= 15 is 0 Å². The third-order valence-corrected chi connectivity index (χ3v) is 4.22. The molecule has 1 radical (unpaired) electrons. The summed E-state index contributed by atoms with van der Waals surface area (Å²) in [5.41, 5.74) is 9.70. The molecule has 2 aromatic rings. The van der Waals surface area contributed by atoms with E-state index in [1.54, 1.807) is 0 Å². The molecule has 1 aliphatic rings. The first kappa shape index (κ1) is 14.1. The van der Waals surface area contributed by atoms with Gasteiger partial charge in [-0.2, -0.15) is 0 Å². The molecular formula is C21H23. The molecule has 0 bridgehead atoms.